The van der Waals surface area contributed by atoms with Gasteiger partial charge in [0.15, 0.2) is 0 Å². The molecule has 30 heavy (non-hydrogen) atoms. The molecule has 0 amide bonds. The molecular weight excluding hydrogens is 421 g/mol. The number of sulfonamides is 1. The summed E-state index contributed by atoms with van der Waals surface area (Å²) in [6.45, 7) is 0. The van der Waals surface area contributed by atoms with Crippen molar-refractivity contribution in [1.82, 2.24) is 9.37 Å². The van der Waals surface area contributed by atoms with E-state index < -0.39 is 27.8 Å². The van der Waals surface area contributed by atoms with E-state index in [9.17, 15) is 26.8 Å². The van der Waals surface area contributed by atoms with Crippen LogP contribution in [0.3, 0.4) is 0 Å². The van der Waals surface area contributed by atoms with Crippen LogP contribution in [0.25, 0.3) is 0 Å². The van der Waals surface area contributed by atoms with Crippen molar-refractivity contribution in [3.63, 3.8) is 0 Å². The SMILES string of the molecule is O=S(=O)(c1ccc(C(F)(F)F)cc1)N1C2=CN(O)C=CC2=C2N=NC=C2C1C1CC1. The number of nitrogens with zero attached hydrogens (tertiary/aromatic N) is 4. The van der Waals surface area contributed by atoms with Crippen LogP contribution in [0.15, 0.2) is 86.6 Å². The molecule has 1 atom stereocenters. The Labute approximate surface area is 169 Å². The van der Waals surface area contributed by atoms with Crippen molar-refractivity contribution in [3.05, 3.63) is 77.0 Å². The first-order valence-electron chi connectivity index (χ1n) is 9.13. The molecule has 0 spiro atoms. The van der Waals surface area contributed by atoms with E-state index in [2.05, 4.69) is 10.2 Å². The zero-order valence-corrected chi connectivity index (χ0v) is 16.1. The summed E-state index contributed by atoms with van der Waals surface area (Å²) in [7, 11) is -4.24. The number of rotatable bonds is 3. The van der Waals surface area contributed by atoms with Crippen LogP contribution in [0, 0.1) is 5.92 Å². The molecule has 5 rings (SSSR count). The van der Waals surface area contributed by atoms with Gasteiger partial charge in [0.1, 0.15) is 5.70 Å². The first-order valence-corrected chi connectivity index (χ1v) is 10.6. The normalized spacial score (nSPS) is 23.4. The first kappa shape index (κ1) is 19.1. The van der Waals surface area contributed by atoms with Crippen LogP contribution in [0.4, 0.5) is 13.2 Å². The molecule has 0 saturated heterocycles. The van der Waals surface area contributed by atoms with Gasteiger partial charge in [-0.05, 0) is 49.1 Å². The topological polar surface area (TPSA) is 85.6 Å². The van der Waals surface area contributed by atoms with Crippen molar-refractivity contribution in [2.75, 3.05) is 0 Å². The Morgan fingerprint density at radius 2 is 1.83 bits per heavy atom. The number of azo groups is 1. The summed E-state index contributed by atoms with van der Waals surface area (Å²) in [4.78, 5) is -0.267. The van der Waals surface area contributed by atoms with E-state index in [0.717, 1.165) is 42.2 Å². The average molecular weight is 436 g/mol. The predicted octanol–water partition coefficient (Wildman–Crippen LogP) is 4.15. The van der Waals surface area contributed by atoms with Crippen LogP contribution < -0.4 is 0 Å². The second-order valence-corrected chi connectivity index (χ2v) is 9.19. The van der Waals surface area contributed by atoms with E-state index in [-0.39, 0.29) is 16.5 Å². The molecular formula is C19H15F3N4O3S. The Balaban J connectivity index is 1.66. The van der Waals surface area contributed by atoms with E-state index in [1.54, 1.807) is 0 Å². The molecule has 0 bridgehead atoms. The summed E-state index contributed by atoms with van der Waals surface area (Å²) in [6.07, 6.45) is 2.69. The van der Waals surface area contributed by atoms with Gasteiger partial charge in [0, 0.05) is 17.3 Å². The summed E-state index contributed by atoms with van der Waals surface area (Å²) < 4.78 is 67.1. The number of hydrogen-bond donors (Lipinski definition) is 1. The summed E-state index contributed by atoms with van der Waals surface area (Å²) in [6, 6.07) is 2.80. The minimum absolute atomic E-state index is 0.0273. The number of benzene rings is 1. The van der Waals surface area contributed by atoms with Crippen molar-refractivity contribution in [3.8, 4) is 0 Å². The standard InChI is InChI=1S/C19H15F3N4O3S/c20-19(21,22)12-3-5-13(6-4-12)30(28,29)26-16-10-25(27)8-7-14(16)17-15(9-23-24-17)18(26)11-1-2-11/h3-11,18,27H,1-2H2. The third kappa shape index (κ3) is 2.88. The molecule has 1 aromatic rings. The zero-order valence-electron chi connectivity index (χ0n) is 15.3. The third-order valence-corrected chi connectivity index (χ3v) is 7.23. The number of fused-ring (bicyclic) bond motifs is 2. The van der Waals surface area contributed by atoms with Gasteiger partial charge in [-0.15, -0.1) is 0 Å². The maximum Gasteiger partial charge on any atom is 0.416 e. The highest BCUT2D eigenvalue weighted by Crippen LogP contribution is 2.51. The van der Waals surface area contributed by atoms with Crippen LogP contribution >= 0.6 is 0 Å². The molecule has 156 valence electrons. The van der Waals surface area contributed by atoms with Gasteiger partial charge in [-0.2, -0.15) is 23.4 Å². The lowest BCUT2D eigenvalue weighted by Gasteiger charge is -2.40. The molecule has 1 aliphatic carbocycles. The number of hydrogen-bond acceptors (Lipinski definition) is 6. The highest BCUT2D eigenvalue weighted by Gasteiger charge is 2.50. The van der Waals surface area contributed by atoms with Gasteiger partial charge in [0.05, 0.1) is 34.6 Å². The maximum absolute atomic E-state index is 13.6. The maximum atomic E-state index is 13.6. The van der Waals surface area contributed by atoms with Gasteiger partial charge >= 0.3 is 6.18 Å². The molecule has 0 radical (unpaired) electrons. The van der Waals surface area contributed by atoms with E-state index in [4.69, 9.17) is 0 Å². The highest BCUT2D eigenvalue weighted by molar-refractivity contribution is 7.89. The van der Waals surface area contributed by atoms with Gasteiger partial charge < -0.3 is 0 Å². The van der Waals surface area contributed by atoms with E-state index in [0.29, 0.717) is 16.8 Å². The van der Waals surface area contributed by atoms with Crippen LogP contribution in [-0.2, 0) is 16.2 Å². The van der Waals surface area contributed by atoms with Crippen molar-refractivity contribution in [2.24, 2.45) is 16.1 Å². The summed E-state index contributed by atoms with van der Waals surface area (Å²) >= 11 is 0. The Morgan fingerprint density at radius 3 is 2.47 bits per heavy atom. The minimum Gasteiger partial charge on any atom is -0.285 e. The molecule has 3 heterocycles. The van der Waals surface area contributed by atoms with Crippen molar-refractivity contribution >= 4 is 10.0 Å². The van der Waals surface area contributed by atoms with E-state index in [1.807, 2.05) is 0 Å². The van der Waals surface area contributed by atoms with E-state index >= 15 is 0 Å². The van der Waals surface area contributed by atoms with Gasteiger partial charge in [0.2, 0.25) is 0 Å². The lowest BCUT2D eigenvalue weighted by atomic mass is 9.91. The van der Waals surface area contributed by atoms with Crippen molar-refractivity contribution in [2.45, 2.75) is 30.0 Å². The minimum atomic E-state index is -4.57. The summed E-state index contributed by atoms with van der Waals surface area (Å²) in [5.74, 6) is 0.0273. The molecule has 7 nitrogen and oxygen atoms in total. The van der Waals surface area contributed by atoms with E-state index in [1.165, 1.54) is 29.0 Å². The second-order valence-electron chi connectivity index (χ2n) is 7.38. The molecule has 1 unspecified atom stereocenters. The quantitative estimate of drug-likeness (QED) is 0.771. The largest absolute Gasteiger partial charge is 0.416 e. The van der Waals surface area contributed by atoms with Crippen LogP contribution in [-0.4, -0.2) is 29.0 Å². The fraction of sp³-hybridized carbons (Fsp3) is 0.263. The van der Waals surface area contributed by atoms with Gasteiger partial charge in [-0.25, -0.2) is 13.5 Å². The zero-order chi connectivity index (χ0) is 21.3. The average Bonchev–Trinajstić information content (AvgIpc) is 3.41. The Kier molecular flexibility index (Phi) is 4.00. The predicted molar refractivity (Wildman–Crippen MR) is 97.8 cm³/mol. The second kappa shape index (κ2) is 6.29. The lowest BCUT2D eigenvalue weighted by molar-refractivity contribution is -0.137. The molecule has 4 aliphatic rings. The molecule has 1 N–H and O–H groups in total. The van der Waals surface area contributed by atoms with Crippen LogP contribution in [0.5, 0.6) is 0 Å². The molecule has 11 heteroatoms. The van der Waals surface area contributed by atoms with Crippen LogP contribution in [0.2, 0.25) is 0 Å². The number of halogens is 3. The molecule has 1 aromatic carbocycles. The number of alkyl halides is 3. The number of allylic oxidation sites excluding steroid dienone is 1. The number of hydroxylamine groups is 2. The molecule has 1 saturated carbocycles. The fourth-order valence-electron chi connectivity index (χ4n) is 3.89. The Hall–Kier alpha value is -2.92. The Bertz CT molecular complexity index is 1180. The smallest absolute Gasteiger partial charge is 0.285 e. The first-order chi connectivity index (χ1) is 14.2. The van der Waals surface area contributed by atoms with Crippen molar-refractivity contribution in [1.29, 1.82) is 0 Å². The molecule has 3 aliphatic heterocycles. The monoisotopic (exact) mass is 436 g/mol. The van der Waals surface area contributed by atoms with Gasteiger partial charge in [-0.3, -0.25) is 9.51 Å². The Morgan fingerprint density at radius 1 is 1.13 bits per heavy atom. The van der Waals surface area contributed by atoms with Gasteiger partial charge in [0.25, 0.3) is 10.0 Å². The van der Waals surface area contributed by atoms with Gasteiger partial charge in [-0.1, -0.05) is 0 Å². The third-order valence-electron chi connectivity index (χ3n) is 5.42. The molecule has 0 aromatic heterocycles. The van der Waals surface area contributed by atoms with Crippen molar-refractivity contribution < 1.29 is 26.8 Å². The highest BCUT2D eigenvalue weighted by atomic mass is 32.2. The molecule has 1 fully saturated rings. The summed E-state index contributed by atoms with van der Waals surface area (Å²) in [5, 5.41) is 18.8. The lowest BCUT2D eigenvalue weighted by Crippen LogP contribution is -2.46. The summed E-state index contributed by atoms with van der Waals surface area (Å²) in [5.41, 5.74) is 0.932. The fourth-order valence-corrected chi connectivity index (χ4v) is 5.58. The van der Waals surface area contributed by atoms with Crippen LogP contribution in [0.1, 0.15) is 18.4 Å².